The van der Waals surface area contributed by atoms with Crippen molar-refractivity contribution in [2.24, 2.45) is 0 Å². The van der Waals surface area contributed by atoms with E-state index in [2.05, 4.69) is 34.3 Å². The van der Waals surface area contributed by atoms with Crippen LogP contribution in [0.4, 0.5) is 0 Å². The largest absolute Gasteiger partial charge is 0.489 e. The number of fused-ring (bicyclic) bond motifs is 1. The second kappa shape index (κ2) is 10.2. The lowest BCUT2D eigenvalue weighted by atomic mass is 10.1. The molecule has 1 aromatic carbocycles. The molecule has 2 heterocycles. The van der Waals surface area contributed by atoms with Crippen molar-refractivity contribution < 1.29 is 9.53 Å². The van der Waals surface area contributed by atoms with Crippen molar-refractivity contribution in [3.8, 4) is 5.75 Å². The number of aromatic nitrogens is 1. The molecule has 0 spiro atoms. The molecular formula is C23H31N3O2. The number of nitrogens with zero attached hydrogens (tertiary/aromatic N) is 2. The maximum Gasteiger partial charge on any atom is 0.221 e. The zero-order valence-corrected chi connectivity index (χ0v) is 17.0. The van der Waals surface area contributed by atoms with Crippen LogP contribution in [-0.4, -0.2) is 35.0 Å². The Bertz CT molecular complexity index is 778. The van der Waals surface area contributed by atoms with E-state index >= 15 is 0 Å². The highest BCUT2D eigenvalue weighted by Gasteiger charge is 2.22. The summed E-state index contributed by atoms with van der Waals surface area (Å²) in [6, 6.07) is 14.1. The molecule has 0 saturated carbocycles. The molecule has 5 nitrogen and oxygen atoms in total. The van der Waals surface area contributed by atoms with Crippen LogP contribution < -0.4 is 10.1 Å². The van der Waals surface area contributed by atoms with Crippen LogP contribution in [0.15, 0.2) is 42.5 Å². The Labute approximate surface area is 168 Å². The lowest BCUT2D eigenvalue weighted by Gasteiger charge is -2.23. The third kappa shape index (κ3) is 6.06. The fourth-order valence-corrected chi connectivity index (χ4v) is 3.55. The lowest BCUT2D eigenvalue weighted by molar-refractivity contribution is -0.121. The molecule has 1 aromatic heterocycles. The van der Waals surface area contributed by atoms with Crippen LogP contribution in [-0.2, 0) is 17.9 Å². The van der Waals surface area contributed by atoms with Gasteiger partial charge in [0.05, 0.1) is 12.2 Å². The Morgan fingerprint density at radius 3 is 2.93 bits per heavy atom. The Morgan fingerprint density at radius 1 is 1.25 bits per heavy atom. The quantitative estimate of drug-likeness (QED) is 0.755. The number of benzene rings is 1. The number of carbonyl (C=O) groups is 1. The number of unbranched alkanes of at least 4 members (excludes halogenated alkanes) is 1. The minimum atomic E-state index is 0.0619. The number of rotatable bonds is 8. The van der Waals surface area contributed by atoms with Crippen LogP contribution in [0.3, 0.4) is 0 Å². The number of para-hydroxylation sites is 1. The normalized spacial score (nSPS) is 16.7. The van der Waals surface area contributed by atoms with Gasteiger partial charge in [-0.15, -0.1) is 0 Å². The summed E-state index contributed by atoms with van der Waals surface area (Å²) in [6.07, 6.45) is 4.03. The summed E-state index contributed by atoms with van der Waals surface area (Å²) in [5.74, 6) is 1.05. The standard InChI is InChI=1S/C23H31N3O2/c1-3-4-11-21-17-26(16-19-9-5-6-12-22(19)28-21)14-13-23(27)24-15-20-10-7-8-18(2)25-20/h5-10,12,21H,3-4,11,13-17H2,1-2H3,(H,24,27)/t21-/m0/s1. The molecule has 0 aliphatic carbocycles. The first-order valence-corrected chi connectivity index (χ1v) is 10.3. The lowest BCUT2D eigenvalue weighted by Crippen LogP contribution is -2.35. The second-order valence-electron chi connectivity index (χ2n) is 7.52. The van der Waals surface area contributed by atoms with E-state index in [1.165, 1.54) is 5.56 Å². The van der Waals surface area contributed by atoms with E-state index in [1.54, 1.807) is 0 Å². The molecule has 28 heavy (non-hydrogen) atoms. The predicted octanol–water partition coefficient (Wildman–Crippen LogP) is 3.85. The number of amides is 1. The van der Waals surface area contributed by atoms with Gasteiger partial charge in [-0.3, -0.25) is 14.7 Å². The number of nitrogens with one attached hydrogen (secondary N) is 1. The maximum absolute atomic E-state index is 12.3. The van der Waals surface area contributed by atoms with Crippen molar-refractivity contribution >= 4 is 5.91 Å². The van der Waals surface area contributed by atoms with Gasteiger partial charge in [-0.25, -0.2) is 0 Å². The SMILES string of the molecule is CCCC[C@H]1CN(CCC(=O)NCc2cccc(C)n2)Cc2ccccc2O1. The maximum atomic E-state index is 12.3. The number of hydrogen-bond donors (Lipinski definition) is 1. The summed E-state index contributed by atoms with van der Waals surface area (Å²) >= 11 is 0. The van der Waals surface area contributed by atoms with Crippen LogP contribution in [0, 0.1) is 6.92 Å². The smallest absolute Gasteiger partial charge is 0.221 e. The fourth-order valence-electron chi connectivity index (χ4n) is 3.55. The summed E-state index contributed by atoms with van der Waals surface area (Å²) in [6.45, 7) is 7.06. The number of aryl methyl sites for hydroxylation is 1. The van der Waals surface area contributed by atoms with E-state index in [-0.39, 0.29) is 12.0 Å². The highest BCUT2D eigenvalue weighted by Crippen LogP contribution is 2.26. The van der Waals surface area contributed by atoms with Gasteiger partial charge in [0.25, 0.3) is 0 Å². The van der Waals surface area contributed by atoms with Gasteiger partial charge in [0.2, 0.25) is 5.91 Å². The summed E-state index contributed by atoms with van der Waals surface area (Å²) in [4.78, 5) is 19.1. The molecule has 0 unspecified atom stereocenters. The molecule has 1 N–H and O–H groups in total. The minimum Gasteiger partial charge on any atom is -0.489 e. The van der Waals surface area contributed by atoms with Crippen molar-refractivity contribution in [3.63, 3.8) is 0 Å². The van der Waals surface area contributed by atoms with Crippen molar-refractivity contribution in [3.05, 3.63) is 59.4 Å². The average Bonchev–Trinajstić information content (AvgIpc) is 2.88. The first-order chi connectivity index (χ1) is 13.6. The zero-order valence-electron chi connectivity index (χ0n) is 17.0. The Hall–Kier alpha value is -2.40. The Kier molecular flexibility index (Phi) is 7.43. The van der Waals surface area contributed by atoms with Crippen LogP contribution in [0.1, 0.15) is 49.6 Å². The first-order valence-electron chi connectivity index (χ1n) is 10.3. The van der Waals surface area contributed by atoms with Gasteiger partial charge in [-0.1, -0.05) is 37.6 Å². The molecule has 1 atom stereocenters. The molecule has 1 aliphatic heterocycles. The van der Waals surface area contributed by atoms with Crippen LogP contribution in [0.25, 0.3) is 0 Å². The summed E-state index contributed by atoms with van der Waals surface area (Å²) in [5, 5.41) is 2.99. The van der Waals surface area contributed by atoms with E-state index in [1.807, 2.05) is 37.3 Å². The molecule has 0 radical (unpaired) electrons. The summed E-state index contributed by atoms with van der Waals surface area (Å²) < 4.78 is 6.26. The van der Waals surface area contributed by atoms with E-state index in [0.717, 1.165) is 56.0 Å². The third-order valence-corrected chi connectivity index (χ3v) is 5.07. The molecule has 5 heteroatoms. The third-order valence-electron chi connectivity index (χ3n) is 5.07. The van der Waals surface area contributed by atoms with Gasteiger partial charge < -0.3 is 10.1 Å². The number of carbonyl (C=O) groups excluding carboxylic acids is 1. The van der Waals surface area contributed by atoms with Crippen LogP contribution in [0.2, 0.25) is 0 Å². The van der Waals surface area contributed by atoms with Crippen molar-refractivity contribution in [2.75, 3.05) is 13.1 Å². The van der Waals surface area contributed by atoms with E-state index in [9.17, 15) is 4.79 Å². The van der Waals surface area contributed by atoms with Crippen LogP contribution in [0.5, 0.6) is 5.75 Å². The van der Waals surface area contributed by atoms with E-state index in [4.69, 9.17) is 4.74 Å². The molecule has 0 fully saturated rings. The summed E-state index contributed by atoms with van der Waals surface area (Å²) in [5.41, 5.74) is 3.06. The van der Waals surface area contributed by atoms with Gasteiger partial charge >= 0.3 is 0 Å². The molecular weight excluding hydrogens is 350 g/mol. The zero-order chi connectivity index (χ0) is 19.8. The summed E-state index contributed by atoms with van der Waals surface area (Å²) in [7, 11) is 0. The van der Waals surface area contributed by atoms with E-state index in [0.29, 0.717) is 13.0 Å². The molecule has 1 amide bonds. The van der Waals surface area contributed by atoms with Gasteiger partial charge in [0.1, 0.15) is 11.9 Å². The van der Waals surface area contributed by atoms with Gasteiger partial charge in [0, 0.05) is 37.3 Å². The highest BCUT2D eigenvalue weighted by molar-refractivity contribution is 5.76. The Balaban J connectivity index is 1.53. The van der Waals surface area contributed by atoms with Crippen molar-refractivity contribution in [1.29, 1.82) is 0 Å². The van der Waals surface area contributed by atoms with E-state index < -0.39 is 0 Å². The first kappa shape index (κ1) is 20.3. The molecule has 3 rings (SSSR count). The second-order valence-corrected chi connectivity index (χ2v) is 7.52. The monoisotopic (exact) mass is 381 g/mol. The predicted molar refractivity (Wildman–Crippen MR) is 111 cm³/mol. The number of ether oxygens (including phenoxy) is 1. The molecule has 2 aromatic rings. The minimum absolute atomic E-state index is 0.0619. The van der Waals surface area contributed by atoms with Crippen molar-refractivity contribution in [2.45, 2.75) is 58.7 Å². The van der Waals surface area contributed by atoms with Crippen LogP contribution >= 0.6 is 0 Å². The highest BCUT2D eigenvalue weighted by atomic mass is 16.5. The Morgan fingerprint density at radius 2 is 2.11 bits per heavy atom. The molecule has 1 aliphatic rings. The fraction of sp³-hybridized carbons (Fsp3) is 0.478. The molecule has 0 bridgehead atoms. The van der Waals surface area contributed by atoms with Crippen molar-refractivity contribution in [1.82, 2.24) is 15.2 Å². The van der Waals surface area contributed by atoms with Gasteiger partial charge in [-0.05, 0) is 38.0 Å². The molecule has 150 valence electrons. The average molecular weight is 382 g/mol. The topological polar surface area (TPSA) is 54.5 Å². The number of pyridine rings is 1. The number of hydrogen-bond acceptors (Lipinski definition) is 4. The van der Waals surface area contributed by atoms with Gasteiger partial charge in [0.15, 0.2) is 0 Å². The molecule has 0 saturated heterocycles. The van der Waals surface area contributed by atoms with Gasteiger partial charge in [-0.2, -0.15) is 0 Å².